The second kappa shape index (κ2) is 5.94. The van der Waals surface area contributed by atoms with Crippen LogP contribution in [0.15, 0.2) is 38.8 Å². The third kappa shape index (κ3) is 3.18. The summed E-state index contributed by atoms with van der Waals surface area (Å²) in [6.45, 7) is 0. The second-order valence-corrected chi connectivity index (χ2v) is 4.63. The molecule has 0 spiro atoms. The maximum absolute atomic E-state index is 13.4. The SMILES string of the molecule is O=c1[nH]ncc(N/N=C\c2c(F)cccc2Cl)c1Br. The van der Waals surface area contributed by atoms with E-state index in [1.54, 1.807) is 6.07 Å². The largest absolute Gasteiger partial charge is 0.280 e. The molecule has 0 saturated carbocycles. The van der Waals surface area contributed by atoms with Crippen LogP contribution in [0.4, 0.5) is 10.1 Å². The first kappa shape index (κ1) is 13.7. The number of hydrazone groups is 1. The highest BCUT2D eigenvalue weighted by Crippen LogP contribution is 2.18. The number of aromatic nitrogens is 2. The molecular weight excluding hydrogens is 339 g/mol. The summed E-state index contributed by atoms with van der Waals surface area (Å²) < 4.78 is 13.7. The van der Waals surface area contributed by atoms with Gasteiger partial charge in [-0.05, 0) is 28.1 Å². The first-order valence-corrected chi connectivity index (χ1v) is 6.23. The Kier molecular flexibility index (Phi) is 4.28. The summed E-state index contributed by atoms with van der Waals surface area (Å²) >= 11 is 8.91. The van der Waals surface area contributed by atoms with Gasteiger partial charge in [-0.1, -0.05) is 17.7 Å². The van der Waals surface area contributed by atoms with E-state index in [9.17, 15) is 9.18 Å². The van der Waals surface area contributed by atoms with E-state index in [1.165, 1.54) is 24.5 Å². The lowest BCUT2D eigenvalue weighted by Crippen LogP contribution is -2.10. The molecule has 1 aromatic carbocycles. The van der Waals surface area contributed by atoms with Gasteiger partial charge >= 0.3 is 0 Å². The molecule has 1 heterocycles. The standard InChI is InChI=1S/C11H7BrClFN4O/c12-10-9(5-16-18-11(10)19)17-15-4-6-7(13)2-1-3-8(6)14/h1-5H,(H2,17,18,19)/b15-4-. The summed E-state index contributed by atoms with van der Waals surface area (Å²) in [5, 5.41) is 9.90. The molecule has 1 aromatic heterocycles. The molecule has 0 amide bonds. The van der Waals surface area contributed by atoms with E-state index in [0.717, 1.165) is 0 Å². The van der Waals surface area contributed by atoms with Gasteiger partial charge in [-0.2, -0.15) is 10.2 Å². The number of hydrogen-bond acceptors (Lipinski definition) is 4. The summed E-state index contributed by atoms with van der Waals surface area (Å²) in [6.07, 6.45) is 2.59. The van der Waals surface area contributed by atoms with E-state index in [-0.39, 0.29) is 15.1 Å². The third-order valence-corrected chi connectivity index (χ3v) is 3.29. The molecule has 2 N–H and O–H groups in total. The number of benzene rings is 1. The van der Waals surface area contributed by atoms with Crippen LogP contribution in [0.1, 0.15) is 5.56 Å². The van der Waals surface area contributed by atoms with Crippen LogP contribution in [0.2, 0.25) is 5.02 Å². The Hall–Kier alpha value is -1.73. The van der Waals surface area contributed by atoms with Gasteiger partial charge in [0.05, 0.1) is 23.1 Å². The Labute approximate surface area is 120 Å². The minimum Gasteiger partial charge on any atom is -0.275 e. The van der Waals surface area contributed by atoms with Gasteiger partial charge in [-0.15, -0.1) is 0 Å². The number of aromatic amines is 1. The van der Waals surface area contributed by atoms with Crippen LogP contribution >= 0.6 is 27.5 Å². The Morgan fingerprint density at radius 3 is 3.05 bits per heavy atom. The summed E-state index contributed by atoms with van der Waals surface area (Å²) in [4.78, 5) is 11.2. The minimum atomic E-state index is -0.485. The average molecular weight is 346 g/mol. The van der Waals surface area contributed by atoms with Crippen molar-refractivity contribution in [2.45, 2.75) is 0 Å². The topological polar surface area (TPSA) is 70.1 Å². The fraction of sp³-hybridized carbons (Fsp3) is 0. The molecule has 0 radical (unpaired) electrons. The number of anilines is 1. The molecule has 0 aliphatic rings. The Balaban J connectivity index is 2.21. The molecule has 0 bridgehead atoms. The minimum absolute atomic E-state index is 0.158. The number of nitrogens with zero attached hydrogens (tertiary/aromatic N) is 2. The molecule has 0 saturated heterocycles. The summed E-state index contributed by atoms with van der Waals surface area (Å²) in [7, 11) is 0. The molecule has 0 aliphatic heterocycles. The lowest BCUT2D eigenvalue weighted by atomic mass is 10.2. The third-order valence-electron chi connectivity index (χ3n) is 2.17. The van der Waals surface area contributed by atoms with Crippen LogP contribution in [-0.4, -0.2) is 16.4 Å². The first-order valence-electron chi connectivity index (χ1n) is 5.06. The molecule has 0 fully saturated rings. The van der Waals surface area contributed by atoms with E-state index in [1.807, 2.05) is 0 Å². The van der Waals surface area contributed by atoms with Gasteiger partial charge in [-0.25, -0.2) is 9.49 Å². The molecule has 8 heteroatoms. The highest BCUT2D eigenvalue weighted by Gasteiger charge is 2.05. The summed E-state index contributed by atoms with van der Waals surface area (Å²) in [5.41, 5.74) is 2.68. The number of nitrogens with one attached hydrogen (secondary N) is 2. The van der Waals surface area contributed by atoms with Gasteiger partial charge in [0.2, 0.25) is 0 Å². The quantitative estimate of drug-likeness (QED) is 0.664. The van der Waals surface area contributed by atoms with Crippen molar-refractivity contribution in [1.29, 1.82) is 0 Å². The molecule has 0 unspecified atom stereocenters. The van der Waals surface area contributed by atoms with Gasteiger partial charge in [0.25, 0.3) is 5.56 Å². The van der Waals surface area contributed by atoms with Crippen LogP contribution in [-0.2, 0) is 0 Å². The van der Waals surface area contributed by atoms with Crippen LogP contribution in [0.3, 0.4) is 0 Å². The fourth-order valence-corrected chi connectivity index (χ4v) is 1.75. The molecule has 2 rings (SSSR count). The molecule has 98 valence electrons. The monoisotopic (exact) mass is 344 g/mol. The zero-order chi connectivity index (χ0) is 13.8. The van der Waals surface area contributed by atoms with Gasteiger partial charge in [0, 0.05) is 5.56 Å². The molecule has 5 nitrogen and oxygen atoms in total. The lowest BCUT2D eigenvalue weighted by Gasteiger charge is -2.02. The molecule has 2 aromatic rings. The van der Waals surface area contributed by atoms with E-state index >= 15 is 0 Å². The Bertz CT molecular complexity index is 668. The van der Waals surface area contributed by atoms with E-state index in [2.05, 4.69) is 36.7 Å². The fourth-order valence-electron chi connectivity index (χ4n) is 1.26. The molecule has 0 atom stereocenters. The lowest BCUT2D eigenvalue weighted by molar-refractivity contribution is 0.626. The van der Waals surface area contributed by atoms with Crippen molar-refractivity contribution < 1.29 is 4.39 Å². The maximum atomic E-state index is 13.4. The smallest absolute Gasteiger partial charge is 0.275 e. The van der Waals surface area contributed by atoms with Crippen molar-refractivity contribution >= 4 is 39.4 Å². The Morgan fingerprint density at radius 1 is 1.53 bits per heavy atom. The van der Waals surface area contributed by atoms with E-state index < -0.39 is 11.4 Å². The van der Waals surface area contributed by atoms with E-state index in [4.69, 9.17) is 11.6 Å². The number of hydrogen-bond donors (Lipinski definition) is 2. The number of rotatable bonds is 3. The highest BCUT2D eigenvalue weighted by molar-refractivity contribution is 9.10. The number of halogens is 3. The van der Waals surface area contributed by atoms with Crippen molar-refractivity contribution in [2.24, 2.45) is 5.10 Å². The maximum Gasteiger partial charge on any atom is 0.280 e. The summed E-state index contributed by atoms with van der Waals surface area (Å²) in [6, 6.07) is 4.33. The predicted molar refractivity (Wildman–Crippen MR) is 75.2 cm³/mol. The Morgan fingerprint density at radius 2 is 2.32 bits per heavy atom. The molecule has 19 heavy (non-hydrogen) atoms. The zero-order valence-corrected chi connectivity index (χ0v) is 11.7. The van der Waals surface area contributed by atoms with Crippen molar-refractivity contribution in [2.75, 3.05) is 5.43 Å². The molecule has 0 aliphatic carbocycles. The number of H-pyrrole nitrogens is 1. The van der Waals surface area contributed by atoms with Crippen LogP contribution < -0.4 is 11.0 Å². The van der Waals surface area contributed by atoms with E-state index in [0.29, 0.717) is 5.69 Å². The zero-order valence-electron chi connectivity index (χ0n) is 9.32. The van der Waals surface area contributed by atoms with Crippen molar-refractivity contribution in [3.63, 3.8) is 0 Å². The highest BCUT2D eigenvalue weighted by atomic mass is 79.9. The van der Waals surface area contributed by atoms with Gasteiger partial charge in [0.15, 0.2) is 0 Å². The van der Waals surface area contributed by atoms with Crippen LogP contribution in [0, 0.1) is 5.82 Å². The van der Waals surface area contributed by atoms with Gasteiger partial charge in [-0.3, -0.25) is 10.2 Å². The van der Waals surface area contributed by atoms with Crippen molar-refractivity contribution in [3.05, 3.63) is 55.6 Å². The van der Waals surface area contributed by atoms with Crippen molar-refractivity contribution in [3.8, 4) is 0 Å². The average Bonchev–Trinajstić information content (AvgIpc) is 2.38. The second-order valence-electron chi connectivity index (χ2n) is 3.43. The van der Waals surface area contributed by atoms with Gasteiger partial charge < -0.3 is 0 Å². The van der Waals surface area contributed by atoms with Crippen LogP contribution in [0.5, 0.6) is 0 Å². The predicted octanol–water partition coefficient (Wildman–Crippen LogP) is 2.77. The van der Waals surface area contributed by atoms with Gasteiger partial charge in [0.1, 0.15) is 10.3 Å². The van der Waals surface area contributed by atoms with Crippen LogP contribution in [0.25, 0.3) is 0 Å². The normalized spacial score (nSPS) is 10.9. The first-order chi connectivity index (χ1) is 9.09. The summed E-state index contributed by atoms with van der Waals surface area (Å²) in [5.74, 6) is -0.485. The van der Waals surface area contributed by atoms with Crippen molar-refractivity contribution in [1.82, 2.24) is 10.2 Å². The molecular formula is C11H7BrClFN4O.